The predicted molar refractivity (Wildman–Crippen MR) is 149 cm³/mol. The normalized spacial score (nSPS) is 33.2. The van der Waals surface area contributed by atoms with Crippen molar-refractivity contribution >= 4 is 40.2 Å². The second-order valence-electron chi connectivity index (χ2n) is 11.7. The Morgan fingerprint density at radius 2 is 1.93 bits per heavy atom. The molecule has 216 valence electrons. The number of carbonyl (C=O) groups excluding carboxylic acids is 3. The number of nitrogens with two attached hydrogens (primary N) is 1. The third-order valence-corrected chi connectivity index (χ3v) is 9.78. The summed E-state index contributed by atoms with van der Waals surface area (Å²) in [4.78, 5) is 43.3. The molecule has 11 nitrogen and oxygen atoms in total. The molecule has 0 saturated heterocycles. The standard InChI is InChI=1S/C28H36N4O7S/c1-31(2)17-9-16(30-10-12-5-6-40-11-12)22(33)19-14(17)7-13-8-15-21(32(3)4)24(35)20(27(29)38)26(37)28(15,39)25(36)18(13)23(19)34/h5-6,9,11,13,15,18,20-21,24-25,30,33,35-36,39H,7-8,10H2,1-4H3,(H2,29,38). The molecular formula is C28H36N4O7S. The molecule has 7 N–H and O–H groups in total. The van der Waals surface area contributed by atoms with Crippen LogP contribution in [0.25, 0.3) is 0 Å². The number of nitrogens with one attached hydrogen (secondary N) is 1. The van der Waals surface area contributed by atoms with Gasteiger partial charge in [0.1, 0.15) is 17.8 Å². The molecule has 1 heterocycles. The minimum absolute atomic E-state index is 0.0419. The lowest BCUT2D eigenvalue weighted by atomic mass is 9.51. The van der Waals surface area contributed by atoms with Gasteiger partial charge in [0.05, 0.1) is 23.3 Å². The van der Waals surface area contributed by atoms with Gasteiger partial charge in [0.25, 0.3) is 0 Å². The molecular weight excluding hydrogens is 536 g/mol. The van der Waals surface area contributed by atoms with E-state index in [4.69, 9.17) is 5.73 Å². The first-order valence-electron chi connectivity index (χ1n) is 13.2. The third-order valence-electron chi connectivity index (χ3n) is 9.05. The summed E-state index contributed by atoms with van der Waals surface area (Å²) in [5.41, 5.74) is 5.71. The zero-order chi connectivity index (χ0) is 29.3. The molecule has 2 saturated carbocycles. The van der Waals surface area contributed by atoms with Gasteiger partial charge >= 0.3 is 0 Å². The number of ketones is 2. The summed E-state index contributed by atoms with van der Waals surface area (Å²) >= 11 is 1.54. The highest BCUT2D eigenvalue weighted by molar-refractivity contribution is 7.07. The number of phenolic OH excluding ortho intramolecular Hbond substituents is 1. The van der Waals surface area contributed by atoms with Gasteiger partial charge in [0.2, 0.25) is 5.91 Å². The van der Waals surface area contributed by atoms with Crippen molar-refractivity contribution in [3.05, 3.63) is 39.6 Å². The number of amides is 1. The van der Waals surface area contributed by atoms with Gasteiger partial charge in [0.15, 0.2) is 17.2 Å². The average molecular weight is 573 g/mol. The molecule has 0 spiro atoms. The highest BCUT2D eigenvalue weighted by Crippen LogP contribution is 2.54. The highest BCUT2D eigenvalue weighted by Gasteiger charge is 2.68. The first-order valence-corrected chi connectivity index (χ1v) is 14.2. The summed E-state index contributed by atoms with van der Waals surface area (Å²) in [5.74, 6) is -7.44. The molecule has 5 rings (SSSR count). The number of phenols is 1. The molecule has 3 aliphatic rings. The van der Waals surface area contributed by atoms with E-state index in [-0.39, 0.29) is 17.7 Å². The van der Waals surface area contributed by atoms with E-state index in [1.807, 2.05) is 35.8 Å². The number of Topliss-reactive ketones (excluding diaryl/α,β-unsaturated/α-hetero) is 2. The first kappa shape index (κ1) is 28.5. The minimum Gasteiger partial charge on any atom is -0.505 e. The number of hydrogen-bond donors (Lipinski definition) is 6. The van der Waals surface area contributed by atoms with Gasteiger partial charge in [-0.1, -0.05) is 0 Å². The number of fused-ring (bicyclic) bond motifs is 3. The maximum Gasteiger partial charge on any atom is 0.230 e. The first-order chi connectivity index (χ1) is 18.8. The van der Waals surface area contributed by atoms with E-state index in [2.05, 4.69) is 5.32 Å². The maximum atomic E-state index is 14.1. The molecule has 1 aromatic carbocycles. The average Bonchev–Trinajstić information content (AvgIpc) is 3.39. The largest absolute Gasteiger partial charge is 0.505 e. The lowest BCUT2D eigenvalue weighted by Crippen LogP contribution is -2.76. The van der Waals surface area contributed by atoms with Crippen molar-refractivity contribution in [1.29, 1.82) is 0 Å². The van der Waals surface area contributed by atoms with Crippen LogP contribution >= 0.6 is 11.3 Å². The minimum atomic E-state index is -2.49. The van der Waals surface area contributed by atoms with Crippen LogP contribution in [0.5, 0.6) is 5.75 Å². The van der Waals surface area contributed by atoms with Crippen LogP contribution in [0.2, 0.25) is 0 Å². The van der Waals surface area contributed by atoms with E-state index in [1.165, 1.54) is 0 Å². The van der Waals surface area contributed by atoms with Crippen molar-refractivity contribution in [3.63, 3.8) is 0 Å². The molecule has 2 fully saturated rings. The molecule has 0 aliphatic heterocycles. The van der Waals surface area contributed by atoms with Crippen molar-refractivity contribution in [3.8, 4) is 5.75 Å². The topological polar surface area (TPSA) is 177 Å². The third kappa shape index (κ3) is 4.12. The monoisotopic (exact) mass is 572 g/mol. The predicted octanol–water partition coefficient (Wildman–Crippen LogP) is 0.190. The summed E-state index contributed by atoms with van der Waals surface area (Å²) in [6.45, 7) is 0.421. The van der Waals surface area contributed by atoms with E-state index in [0.29, 0.717) is 24.2 Å². The number of thiophene rings is 1. The smallest absolute Gasteiger partial charge is 0.230 e. The zero-order valence-electron chi connectivity index (χ0n) is 22.9. The Kier molecular flexibility index (Phi) is 7.20. The van der Waals surface area contributed by atoms with Crippen LogP contribution < -0.4 is 16.0 Å². The molecule has 3 aliphatic carbocycles. The number of aliphatic hydroxyl groups excluding tert-OH is 2. The van der Waals surface area contributed by atoms with Gasteiger partial charge in [-0.15, -0.1) is 0 Å². The lowest BCUT2D eigenvalue weighted by molar-refractivity contribution is -0.217. The number of nitrogens with zero attached hydrogens (tertiary/aromatic N) is 2. The molecule has 1 amide bonds. The van der Waals surface area contributed by atoms with Crippen molar-refractivity contribution in [2.45, 2.75) is 43.2 Å². The number of rotatable bonds is 6. The summed E-state index contributed by atoms with van der Waals surface area (Å²) < 4.78 is 0. The Hall–Kier alpha value is -3.03. The summed E-state index contributed by atoms with van der Waals surface area (Å²) in [7, 11) is 6.97. The Labute approximate surface area is 236 Å². The Bertz CT molecular complexity index is 1350. The van der Waals surface area contributed by atoms with E-state index in [0.717, 1.165) is 11.3 Å². The number of aliphatic hydroxyl groups is 3. The van der Waals surface area contributed by atoms with Gasteiger partial charge in [-0.05, 0) is 66.9 Å². The summed E-state index contributed by atoms with van der Waals surface area (Å²) in [6, 6.07) is 2.86. The lowest BCUT2D eigenvalue weighted by Gasteiger charge is -2.58. The zero-order valence-corrected chi connectivity index (χ0v) is 23.7. The van der Waals surface area contributed by atoms with E-state index < -0.39 is 65.0 Å². The quantitative estimate of drug-likeness (QED) is 0.207. The molecule has 1 aromatic heterocycles. The van der Waals surface area contributed by atoms with Crippen LogP contribution in [0, 0.1) is 23.7 Å². The maximum absolute atomic E-state index is 14.1. The van der Waals surface area contributed by atoms with Crippen LogP contribution in [0.15, 0.2) is 22.9 Å². The van der Waals surface area contributed by atoms with E-state index >= 15 is 0 Å². The van der Waals surface area contributed by atoms with Crippen molar-refractivity contribution < 1.29 is 34.8 Å². The van der Waals surface area contributed by atoms with Crippen molar-refractivity contribution in [1.82, 2.24) is 4.90 Å². The molecule has 8 unspecified atom stereocenters. The molecule has 0 bridgehead atoms. The molecule has 2 aromatic rings. The number of benzene rings is 1. The van der Waals surface area contributed by atoms with Crippen LogP contribution in [0.1, 0.15) is 27.9 Å². The Morgan fingerprint density at radius 3 is 2.50 bits per heavy atom. The highest BCUT2D eigenvalue weighted by atomic mass is 32.1. The van der Waals surface area contributed by atoms with Gasteiger partial charge in [-0.2, -0.15) is 11.3 Å². The molecule has 12 heteroatoms. The van der Waals surface area contributed by atoms with Gasteiger partial charge < -0.3 is 41.3 Å². The van der Waals surface area contributed by atoms with Crippen LogP contribution in [0.3, 0.4) is 0 Å². The Balaban J connectivity index is 1.60. The van der Waals surface area contributed by atoms with E-state index in [9.17, 15) is 34.8 Å². The number of carbonyl (C=O) groups is 3. The fourth-order valence-corrected chi connectivity index (χ4v) is 7.89. The van der Waals surface area contributed by atoms with Crippen LogP contribution in [-0.2, 0) is 22.6 Å². The van der Waals surface area contributed by atoms with Crippen LogP contribution in [0.4, 0.5) is 11.4 Å². The summed E-state index contributed by atoms with van der Waals surface area (Å²) in [5, 5.41) is 52.9. The molecule has 0 radical (unpaired) electrons. The fraction of sp³-hybridized carbons (Fsp3) is 0.536. The number of primary amides is 1. The molecule has 8 atom stereocenters. The second kappa shape index (κ2) is 10.1. The summed E-state index contributed by atoms with van der Waals surface area (Å²) in [6.07, 6.45) is -2.93. The second-order valence-corrected chi connectivity index (χ2v) is 12.5. The number of aromatic hydroxyl groups is 1. The number of hydrogen-bond acceptors (Lipinski definition) is 11. The van der Waals surface area contributed by atoms with E-state index in [1.54, 1.807) is 36.4 Å². The number of anilines is 2. The van der Waals surface area contributed by atoms with Gasteiger partial charge in [0, 0.05) is 38.3 Å². The van der Waals surface area contributed by atoms with Crippen molar-refractivity contribution in [2.24, 2.45) is 29.4 Å². The Morgan fingerprint density at radius 1 is 1.23 bits per heavy atom. The van der Waals surface area contributed by atoms with Gasteiger partial charge in [-0.3, -0.25) is 14.4 Å². The van der Waals surface area contributed by atoms with Crippen LogP contribution in [-0.4, -0.2) is 94.8 Å². The SMILES string of the molecule is CN(C)c1cc(NCc2ccsc2)c(O)c2c1CC1CC3C(N(C)C)C(O)C(C(N)=O)C(=O)C3(O)C(O)C1C2=O. The fourth-order valence-electron chi connectivity index (χ4n) is 7.22. The van der Waals surface area contributed by atoms with Gasteiger partial charge in [-0.25, -0.2) is 0 Å². The molecule has 40 heavy (non-hydrogen) atoms. The van der Waals surface area contributed by atoms with Crippen molar-refractivity contribution in [2.75, 3.05) is 38.4 Å². The number of likely N-dealkylation sites (N-methyl/N-ethyl adjacent to an activating group) is 1.